The summed E-state index contributed by atoms with van der Waals surface area (Å²) < 4.78 is 56.6. The van der Waals surface area contributed by atoms with Crippen molar-refractivity contribution in [3.63, 3.8) is 0 Å². The van der Waals surface area contributed by atoms with Crippen LogP contribution in [0.25, 0.3) is 0 Å². The zero-order chi connectivity index (χ0) is 22.0. The normalized spacial score (nSPS) is 19.9. The summed E-state index contributed by atoms with van der Waals surface area (Å²) in [5.74, 6) is -2.59. The molecule has 0 saturated carbocycles. The molecule has 29 heavy (non-hydrogen) atoms. The molecule has 3 heterocycles. The smallest absolute Gasteiger partial charge is 0.475 e. The second-order valence-corrected chi connectivity index (χ2v) is 10.1. The molecular weight excluding hydrogens is 435 g/mol. The van der Waals surface area contributed by atoms with E-state index in [9.17, 15) is 26.4 Å². The molecule has 1 aromatic heterocycles. The van der Waals surface area contributed by atoms with Gasteiger partial charge in [0.15, 0.2) is 0 Å². The van der Waals surface area contributed by atoms with Gasteiger partial charge in [0, 0.05) is 30.4 Å². The number of carbonyl (C=O) groups excluding carboxylic acids is 1. The summed E-state index contributed by atoms with van der Waals surface area (Å²) in [6.45, 7) is 3.50. The fraction of sp³-hybridized carbons (Fsp3) is 0.688. The highest BCUT2D eigenvalue weighted by molar-refractivity contribution is 7.88. The number of hydrogen-bond donors (Lipinski definition) is 1. The van der Waals surface area contributed by atoms with Gasteiger partial charge >= 0.3 is 12.1 Å². The third-order valence-electron chi connectivity index (χ3n) is 5.03. The van der Waals surface area contributed by atoms with Crippen LogP contribution in [0.2, 0.25) is 0 Å². The molecule has 1 aromatic rings. The van der Waals surface area contributed by atoms with Crippen molar-refractivity contribution in [2.45, 2.75) is 50.9 Å². The number of likely N-dealkylation sites (tertiary alicyclic amines) is 1. The molecule has 2 aliphatic rings. The number of amides is 1. The van der Waals surface area contributed by atoms with E-state index in [0.29, 0.717) is 26.1 Å². The van der Waals surface area contributed by atoms with Crippen LogP contribution in [0.4, 0.5) is 13.2 Å². The van der Waals surface area contributed by atoms with Crippen LogP contribution < -0.4 is 0 Å². The summed E-state index contributed by atoms with van der Waals surface area (Å²) in [7, 11) is -3.14. The predicted octanol–water partition coefficient (Wildman–Crippen LogP) is 2.00. The molecule has 0 bridgehead atoms. The Morgan fingerprint density at radius 3 is 2.28 bits per heavy atom. The SMILES string of the molecule is Cc1nc(CN2C(=O)CCC23CCN(S(C)(=O)=O)CC3)cs1.O=C(O)C(F)(F)F. The molecule has 2 fully saturated rings. The monoisotopic (exact) mass is 457 g/mol. The van der Waals surface area contributed by atoms with Gasteiger partial charge in [0.1, 0.15) is 0 Å². The van der Waals surface area contributed by atoms with Gasteiger partial charge in [-0.2, -0.15) is 13.2 Å². The van der Waals surface area contributed by atoms with E-state index >= 15 is 0 Å². The number of thiazole rings is 1. The quantitative estimate of drug-likeness (QED) is 0.744. The highest BCUT2D eigenvalue weighted by Gasteiger charge is 2.47. The lowest BCUT2D eigenvalue weighted by atomic mass is 9.85. The van der Waals surface area contributed by atoms with Crippen LogP contribution in [-0.2, 0) is 26.2 Å². The largest absolute Gasteiger partial charge is 0.490 e. The minimum absolute atomic E-state index is 0.165. The number of nitrogens with zero attached hydrogens (tertiary/aromatic N) is 3. The van der Waals surface area contributed by atoms with E-state index in [-0.39, 0.29) is 11.4 Å². The molecule has 0 aliphatic carbocycles. The Labute approximate surface area is 170 Å². The van der Waals surface area contributed by atoms with E-state index in [0.717, 1.165) is 30.0 Å². The number of aromatic nitrogens is 1. The van der Waals surface area contributed by atoms with E-state index in [1.807, 2.05) is 17.2 Å². The van der Waals surface area contributed by atoms with Gasteiger partial charge in [0.05, 0.1) is 23.5 Å². The van der Waals surface area contributed by atoms with Crippen LogP contribution in [0.15, 0.2) is 5.38 Å². The number of sulfonamides is 1. The number of hydrogen-bond acceptors (Lipinski definition) is 6. The van der Waals surface area contributed by atoms with Gasteiger partial charge < -0.3 is 10.0 Å². The molecule has 0 aromatic carbocycles. The molecule has 1 N–H and O–H groups in total. The second-order valence-electron chi connectivity index (χ2n) is 7.03. The predicted molar refractivity (Wildman–Crippen MR) is 98.7 cm³/mol. The molecule has 0 atom stereocenters. The van der Waals surface area contributed by atoms with Crippen molar-refractivity contribution in [2.24, 2.45) is 0 Å². The molecule has 2 saturated heterocycles. The number of carboxylic acid groups (broad SMARTS) is 1. The molecule has 0 radical (unpaired) electrons. The number of carboxylic acids is 1. The second kappa shape index (κ2) is 8.56. The molecular formula is C16H22F3N3O5S2. The first-order valence-electron chi connectivity index (χ1n) is 8.71. The summed E-state index contributed by atoms with van der Waals surface area (Å²) in [5, 5.41) is 10.1. The lowest BCUT2D eigenvalue weighted by Crippen LogP contribution is -2.53. The van der Waals surface area contributed by atoms with Gasteiger partial charge in [0.2, 0.25) is 15.9 Å². The van der Waals surface area contributed by atoms with Crippen molar-refractivity contribution in [1.82, 2.24) is 14.2 Å². The van der Waals surface area contributed by atoms with Crippen molar-refractivity contribution in [1.29, 1.82) is 0 Å². The van der Waals surface area contributed by atoms with Gasteiger partial charge in [-0.1, -0.05) is 0 Å². The van der Waals surface area contributed by atoms with Gasteiger partial charge in [-0.15, -0.1) is 11.3 Å². The number of aliphatic carboxylic acids is 1. The number of piperidine rings is 1. The average molecular weight is 457 g/mol. The van der Waals surface area contributed by atoms with Crippen molar-refractivity contribution < 1.29 is 36.3 Å². The molecule has 1 spiro atoms. The van der Waals surface area contributed by atoms with E-state index in [1.54, 1.807) is 11.3 Å². The maximum atomic E-state index is 12.3. The maximum absolute atomic E-state index is 12.3. The van der Waals surface area contributed by atoms with Gasteiger partial charge in [-0.05, 0) is 26.2 Å². The molecule has 13 heteroatoms. The zero-order valence-electron chi connectivity index (χ0n) is 15.9. The Kier molecular flexibility index (Phi) is 6.95. The standard InChI is InChI=1S/C14H21N3O3S2.C2HF3O2/c1-11-15-12(10-21-11)9-17-13(18)3-4-14(17)5-7-16(8-6-14)22(2,19)20;3-2(4,5)1(6)7/h10H,3-9H2,1-2H3;(H,6,7). The average Bonchev–Trinajstić information content (AvgIpc) is 3.13. The number of carbonyl (C=O) groups is 2. The van der Waals surface area contributed by atoms with Crippen LogP contribution in [0.5, 0.6) is 0 Å². The highest BCUT2D eigenvalue weighted by atomic mass is 32.2. The van der Waals surface area contributed by atoms with Gasteiger partial charge in [-0.25, -0.2) is 22.5 Å². The minimum atomic E-state index is -5.08. The molecule has 8 nitrogen and oxygen atoms in total. The molecule has 0 unspecified atom stereocenters. The summed E-state index contributed by atoms with van der Waals surface area (Å²) in [6, 6.07) is 0. The topological polar surface area (TPSA) is 108 Å². The first-order chi connectivity index (χ1) is 13.2. The van der Waals surface area contributed by atoms with E-state index in [4.69, 9.17) is 9.90 Å². The van der Waals surface area contributed by atoms with Crippen LogP contribution in [0, 0.1) is 6.92 Å². The summed E-state index contributed by atoms with van der Waals surface area (Å²) in [4.78, 5) is 27.6. The van der Waals surface area contributed by atoms with E-state index in [1.165, 1.54) is 10.6 Å². The highest BCUT2D eigenvalue weighted by Crippen LogP contribution is 2.40. The Morgan fingerprint density at radius 2 is 1.86 bits per heavy atom. The summed E-state index contributed by atoms with van der Waals surface area (Å²) in [6.07, 6.45) is -1.01. The van der Waals surface area contributed by atoms with Crippen molar-refractivity contribution in [2.75, 3.05) is 19.3 Å². The first-order valence-corrected chi connectivity index (χ1v) is 11.4. The molecule has 2 aliphatic heterocycles. The third kappa shape index (κ3) is 5.89. The number of halogens is 3. The Balaban J connectivity index is 0.000000370. The Hall–Kier alpha value is -1.73. The van der Waals surface area contributed by atoms with Crippen LogP contribution in [0.1, 0.15) is 36.4 Å². The summed E-state index contributed by atoms with van der Waals surface area (Å²) in [5.41, 5.74) is 0.748. The van der Waals surface area contributed by atoms with Crippen molar-refractivity contribution in [3.8, 4) is 0 Å². The molecule has 164 valence electrons. The van der Waals surface area contributed by atoms with Crippen LogP contribution in [0.3, 0.4) is 0 Å². The minimum Gasteiger partial charge on any atom is -0.475 e. The fourth-order valence-corrected chi connectivity index (χ4v) is 4.98. The van der Waals surface area contributed by atoms with E-state index < -0.39 is 22.2 Å². The van der Waals surface area contributed by atoms with E-state index in [2.05, 4.69) is 4.98 Å². The maximum Gasteiger partial charge on any atom is 0.490 e. The van der Waals surface area contributed by atoms with Gasteiger partial charge in [0.25, 0.3) is 0 Å². The van der Waals surface area contributed by atoms with Crippen molar-refractivity contribution >= 4 is 33.2 Å². The third-order valence-corrected chi connectivity index (χ3v) is 7.15. The van der Waals surface area contributed by atoms with Crippen LogP contribution in [-0.4, -0.2) is 70.7 Å². The Morgan fingerprint density at radius 1 is 1.31 bits per heavy atom. The molecule has 3 rings (SSSR count). The number of alkyl halides is 3. The molecule has 1 amide bonds. The Bertz CT molecular complexity index is 861. The lowest BCUT2D eigenvalue weighted by Gasteiger charge is -2.44. The zero-order valence-corrected chi connectivity index (χ0v) is 17.5. The summed E-state index contributed by atoms with van der Waals surface area (Å²) >= 11 is 1.59. The van der Waals surface area contributed by atoms with Crippen molar-refractivity contribution in [3.05, 3.63) is 16.1 Å². The lowest BCUT2D eigenvalue weighted by molar-refractivity contribution is -0.192. The van der Waals surface area contributed by atoms with Crippen LogP contribution >= 0.6 is 11.3 Å². The first kappa shape index (κ1) is 23.5. The number of aryl methyl sites for hydroxylation is 1. The number of rotatable bonds is 3. The van der Waals surface area contributed by atoms with Gasteiger partial charge in [-0.3, -0.25) is 4.79 Å². The fourth-order valence-electron chi connectivity index (χ4n) is 3.53.